The van der Waals surface area contributed by atoms with Crippen LogP contribution in [0.25, 0.3) is 11.0 Å². The molecule has 2 heterocycles. The van der Waals surface area contributed by atoms with Crippen molar-refractivity contribution in [2.45, 2.75) is 18.9 Å². The number of amides is 1. The second-order valence-electron chi connectivity index (χ2n) is 8.90. The molecule has 1 aliphatic rings. The quantitative estimate of drug-likeness (QED) is 0.373. The molecule has 0 saturated heterocycles. The summed E-state index contributed by atoms with van der Waals surface area (Å²) in [5, 5.41) is 10.6. The SMILES string of the molecule is COc1ccc(CC2c3cc(OC)c(OC)cc3CCN2C(=O)c2cc3ccc(O)cc3o2)cc1OC. The van der Waals surface area contributed by atoms with Crippen molar-refractivity contribution in [3.63, 3.8) is 0 Å². The van der Waals surface area contributed by atoms with Crippen molar-refractivity contribution in [2.75, 3.05) is 35.0 Å². The number of methoxy groups -OCH3 is 4. The van der Waals surface area contributed by atoms with E-state index in [0.717, 1.165) is 22.1 Å². The van der Waals surface area contributed by atoms with E-state index in [4.69, 9.17) is 23.4 Å². The predicted molar refractivity (Wildman–Crippen MR) is 138 cm³/mol. The molecule has 1 amide bonds. The van der Waals surface area contributed by atoms with Crippen molar-refractivity contribution in [1.82, 2.24) is 4.90 Å². The molecule has 1 unspecified atom stereocenters. The number of fused-ring (bicyclic) bond motifs is 2. The molecular formula is C29H29NO7. The molecule has 0 fully saturated rings. The third kappa shape index (κ3) is 4.50. The first-order valence-corrected chi connectivity index (χ1v) is 11.9. The predicted octanol–water partition coefficient (Wildman–Crippen LogP) is 5.16. The second-order valence-corrected chi connectivity index (χ2v) is 8.90. The number of phenolic OH excluding ortho intramolecular Hbond substituents is 1. The van der Waals surface area contributed by atoms with E-state index in [1.165, 1.54) is 6.07 Å². The fourth-order valence-corrected chi connectivity index (χ4v) is 4.99. The van der Waals surface area contributed by atoms with Gasteiger partial charge in [0, 0.05) is 18.0 Å². The van der Waals surface area contributed by atoms with Gasteiger partial charge in [0.25, 0.3) is 5.91 Å². The van der Waals surface area contributed by atoms with Crippen LogP contribution in [0.1, 0.15) is 33.3 Å². The minimum atomic E-state index is -0.296. The normalized spacial score (nSPS) is 14.8. The largest absolute Gasteiger partial charge is 0.508 e. The highest BCUT2D eigenvalue weighted by atomic mass is 16.5. The van der Waals surface area contributed by atoms with Crippen LogP contribution in [-0.2, 0) is 12.8 Å². The number of benzene rings is 3. The van der Waals surface area contributed by atoms with E-state index in [-0.39, 0.29) is 23.5 Å². The lowest BCUT2D eigenvalue weighted by Gasteiger charge is -2.37. The van der Waals surface area contributed by atoms with E-state index >= 15 is 0 Å². The fourth-order valence-electron chi connectivity index (χ4n) is 4.99. The summed E-state index contributed by atoms with van der Waals surface area (Å²) < 4.78 is 27.9. The molecule has 0 radical (unpaired) electrons. The summed E-state index contributed by atoms with van der Waals surface area (Å²) in [7, 11) is 6.42. The Morgan fingerprint density at radius 2 is 1.59 bits per heavy atom. The van der Waals surface area contributed by atoms with Gasteiger partial charge in [-0.2, -0.15) is 0 Å². The number of hydrogen-bond donors (Lipinski definition) is 1. The molecule has 0 bridgehead atoms. The smallest absolute Gasteiger partial charge is 0.290 e. The molecular weight excluding hydrogens is 474 g/mol. The van der Waals surface area contributed by atoms with Crippen molar-refractivity contribution in [3.05, 3.63) is 77.0 Å². The topological polar surface area (TPSA) is 90.6 Å². The minimum Gasteiger partial charge on any atom is -0.508 e. The molecule has 1 N–H and O–H groups in total. The third-order valence-corrected chi connectivity index (χ3v) is 6.85. The molecule has 192 valence electrons. The highest BCUT2D eigenvalue weighted by Gasteiger charge is 2.34. The molecule has 0 spiro atoms. The number of ether oxygens (including phenoxy) is 4. The lowest BCUT2D eigenvalue weighted by molar-refractivity contribution is 0.0629. The molecule has 1 aliphatic heterocycles. The molecule has 4 aromatic rings. The summed E-state index contributed by atoms with van der Waals surface area (Å²) in [4.78, 5) is 15.7. The first-order valence-electron chi connectivity index (χ1n) is 11.9. The zero-order chi connectivity index (χ0) is 26.1. The van der Waals surface area contributed by atoms with E-state index in [2.05, 4.69) is 0 Å². The molecule has 37 heavy (non-hydrogen) atoms. The van der Waals surface area contributed by atoms with E-state index in [9.17, 15) is 9.90 Å². The lowest BCUT2D eigenvalue weighted by Crippen LogP contribution is -2.41. The van der Waals surface area contributed by atoms with Crippen LogP contribution in [0.15, 0.2) is 59.0 Å². The van der Waals surface area contributed by atoms with Gasteiger partial charge in [0.15, 0.2) is 28.8 Å². The van der Waals surface area contributed by atoms with E-state index in [1.807, 2.05) is 35.2 Å². The van der Waals surface area contributed by atoms with Gasteiger partial charge in [-0.3, -0.25) is 4.79 Å². The Morgan fingerprint density at radius 3 is 2.32 bits per heavy atom. The van der Waals surface area contributed by atoms with Gasteiger partial charge in [-0.15, -0.1) is 0 Å². The summed E-state index contributed by atoms with van der Waals surface area (Å²) in [6.45, 7) is 0.502. The Morgan fingerprint density at radius 1 is 0.892 bits per heavy atom. The van der Waals surface area contributed by atoms with Gasteiger partial charge in [0.1, 0.15) is 11.3 Å². The van der Waals surface area contributed by atoms with E-state index in [1.54, 1.807) is 46.6 Å². The van der Waals surface area contributed by atoms with Crippen molar-refractivity contribution in [1.29, 1.82) is 0 Å². The molecule has 5 rings (SSSR count). The average Bonchev–Trinajstić information content (AvgIpc) is 3.35. The Kier molecular flexibility index (Phi) is 6.56. The number of phenols is 1. The van der Waals surface area contributed by atoms with Crippen molar-refractivity contribution >= 4 is 16.9 Å². The number of aromatic hydroxyl groups is 1. The Labute approximate surface area is 214 Å². The van der Waals surface area contributed by atoms with Crippen LogP contribution >= 0.6 is 0 Å². The molecule has 1 atom stereocenters. The zero-order valence-electron chi connectivity index (χ0n) is 21.2. The first kappa shape index (κ1) is 24.4. The molecule has 0 aliphatic carbocycles. The average molecular weight is 504 g/mol. The van der Waals surface area contributed by atoms with E-state index in [0.29, 0.717) is 48.0 Å². The number of carbonyl (C=O) groups excluding carboxylic acids is 1. The summed E-state index contributed by atoms with van der Waals surface area (Å²) in [5.74, 6) is 2.61. The van der Waals surface area contributed by atoms with Crippen LogP contribution in [-0.4, -0.2) is 50.9 Å². The van der Waals surface area contributed by atoms with Gasteiger partial charge >= 0.3 is 0 Å². The van der Waals surface area contributed by atoms with Gasteiger partial charge < -0.3 is 33.4 Å². The third-order valence-electron chi connectivity index (χ3n) is 6.85. The first-order chi connectivity index (χ1) is 17.9. The highest BCUT2D eigenvalue weighted by molar-refractivity contribution is 5.96. The van der Waals surface area contributed by atoms with Gasteiger partial charge in [-0.25, -0.2) is 0 Å². The zero-order valence-corrected chi connectivity index (χ0v) is 21.2. The lowest BCUT2D eigenvalue weighted by atomic mass is 9.87. The number of furan rings is 1. The maximum absolute atomic E-state index is 13.8. The van der Waals surface area contributed by atoms with Crippen molar-refractivity contribution in [3.8, 4) is 28.7 Å². The van der Waals surface area contributed by atoms with Crippen LogP contribution in [0.5, 0.6) is 28.7 Å². The van der Waals surface area contributed by atoms with E-state index < -0.39 is 0 Å². The molecule has 1 aromatic heterocycles. The van der Waals surface area contributed by atoms with Gasteiger partial charge in [0.2, 0.25) is 0 Å². The fraction of sp³-hybridized carbons (Fsp3) is 0.276. The maximum atomic E-state index is 13.8. The summed E-state index contributed by atoms with van der Waals surface area (Å²) >= 11 is 0. The highest BCUT2D eigenvalue weighted by Crippen LogP contribution is 2.41. The number of nitrogens with zero attached hydrogens (tertiary/aromatic N) is 1. The van der Waals surface area contributed by atoms with Crippen LogP contribution in [0.4, 0.5) is 0 Å². The Bertz CT molecular complexity index is 1460. The Hall–Kier alpha value is -4.33. The second kappa shape index (κ2) is 9.97. The molecule has 3 aromatic carbocycles. The van der Waals surface area contributed by atoms with Crippen LogP contribution < -0.4 is 18.9 Å². The van der Waals surface area contributed by atoms with Crippen LogP contribution in [0.3, 0.4) is 0 Å². The number of hydrogen-bond acceptors (Lipinski definition) is 7. The van der Waals surface area contributed by atoms with Gasteiger partial charge in [-0.05, 0) is 72.0 Å². The Balaban J connectivity index is 1.58. The summed E-state index contributed by atoms with van der Waals surface area (Å²) in [6.07, 6.45) is 1.19. The van der Waals surface area contributed by atoms with Gasteiger partial charge in [0.05, 0.1) is 34.5 Å². The van der Waals surface area contributed by atoms with Crippen molar-refractivity contribution in [2.24, 2.45) is 0 Å². The van der Waals surface area contributed by atoms with Gasteiger partial charge in [-0.1, -0.05) is 6.07 Å². The maximum Gasteiger partial charge on any atom is 0.290 e. The molecule has 8 heteroatoms. The monoisotopic (exact) mass is 503 g/mol. The minimum absolute atomic E-state index is 0.0834. The summed E-state index contributed by atoms with van der Waals surface area (Å²) in [6, 6.07) is 15.9. The summed E-state index contributed by atoms with van der Waals surface area (Å²) in [5.41, 5.74) is 3.53. The standard InChI is InChI=1S/C29H29NO7/c1-33-23-8-5-17(12-25(23)34-2)11-22-21-16-27(36-4)26(35-3)13-18(21)9-10-30(22)29(32)28-14-19-6-7-20(31)15-24(19)37-28/h5-8,12-16,22,31H,9-11H2,1-4H3. The molecule has 0 saturated carbocycles. The van der Waals surface area contributed by atoms with Crippen molar-refractivity contribution < 1.29 is 33.3 Å². The van der Waals surface area contributed by atoms with Crippen LogP contribution in [0.2, 0.25) is 0 Å². The number of carbonyl (C=O) groups is 1. The number of rotatable bonds is 7. The van der Waals surface area contributed by atoms with Crippen LogP contribution in [0, 0.1) is 0 Å². The molecule has 8 nitrogen and oxygen atoms in total.